The van der Waals surface area contributed by atoms with Crippen molar-refractivity contribution in [2.24, 2.45) is 5.92 Å². The average molecular weight is 316 g/mol. The van der Waals surface area contributed by atoms with E-state index in [2.05, 4.69) is 13.8 Å². The Hall–Kier alpha value is -1.46. The molecule has 0 aliphatic heterocycles. The molecule has 0 radical (unpaired) electrons. The maximum atomic E-state index is 11.7. The minimum Gasteiger partial charge on any atom is -0.434 e. The summed E-state index contributed by atoms with van der Waals surface area (Å²) in [7, 11) is 0. The third-order valence-electron chi connectivity index (χ3n) is 3.38. The number of ether oxygens (including phenoxy) is 4. The minimum absolute atomic E-state index is 0.239. The number of hydrogen-bond acceptors (Lipinski definition) is 6. The molecule has 0 aromatic rings. The van der Waals surface area contributed by atoms with Gasteiger partial charge in [0, 0.05) is 0 Å². The Morgan fingerprint density at radius 3 is 2.00 bits per heavy atom. The number of carbonyl (C=O) groups is 2. The summed E-state index contributed by atoms with van der Waals surface area (Å²) in [5, 5.41) is 0. The summed E-state index contributed by atoms with van der Waals surface area (Å²) in [5.41, 5.74) is 0. The van der Waals surface area contributed by atoms with Gasteiger partial charge in [0.15, 0.2) is 0 Å². The van der Waals surface area contributed by atoms with Crippen LogP contribution in [0.5, 0.6) is 0 Å². The molecule has 2 atom stereocenters. The molecule has 0 amide bonds. The second-order valence-corrected chi connectivity index (χ2v) is 6.29. The first kappa shape index (κ1) is 18.6. The molecule has 0 heterocycles. The Morgan fingerprint density at radius 1 is 0.955 bits per heavy atom. The predicted molar refractivity (Wildman–Crippen MR) is 80.6 cm³/mol. The van der Waals surface area contributed by atoms with Crippen LogP contribution in [0.4, 0.5) is 9.59 Å². The van der Waals surface area contributed by atoms with Crippen LogP contribution in [0.25, 0.3) is 0 Å². The summed E-state index contributed by atoms with van der Waals surface area (Å²) in [6.07, 6.45) is 1.41. The van der Waals surface area contributed by atoms with Gasteiger partial charge in [0.25, 0.3) is 0 Å². The Labute approximate surface area is 132 Å². The second-order valence-electron chi connectivity index (χ2n) is 6.29. The van der Waals surface area contributed by atoms with Crippen molar-refractivity contribution in [2.45, 2.75) is 78.1 Å². The van der Waals surface area contributed by atoms with E-state index in [1.54, 1.807) is 13.8 Å². The zero-order valence-electron chi connectivity index (χ0n) is 14.0. The molecule has 0 N–H and O–H groups in total. The largest absolute Gasteiger partial charge is 0.508 e. The van der Waals surface area contributed by atoms with Crippen LogP contribution in [0.1, 0.15) is 59.8 Å². The predicted octanol–water partition coefficient (Wildman–Crippen LogP) is 4.06. The van der Waals surface area contributed by atoms with Gasteiger partial charge in [-0.1, -0.05) is 13.8 Å². The van der Waals surface area contributed by atoms with Crippen LogP contribution in [-0.2, 0) is 18.9 Å². The van der Waals surface area contributed by atoms with E-state index in [1.165, 1.54) is 0 Å². The van der Waals surface area contributed by atoms with E-state index >= 15 is 0 Å². The van der Waals surface area contributed by atoms with Gasteiger partial charge in [-0.15, -0.1) is 0 Å². The summed E-state index contributed by atoms with van der Waals surface area (Å²) in [6, 6.07) is 0. The molecule has 0 aromatic heterocycles. The van der Waals surface area contributed by atoms with E-state index in [0.29, 0.717) is 25.4 Å². The fourth-order valence-corrected chi connectivity index (χ4v) is 2.21. The zero-order valence-corrected chi connectivity index (χ0v) is 14.0. The first-order valence-corrected chi connectivity index (χ1v) is 8.09. The molecule has 6 nitrogen and oxygen atoms in total. The summed E-state index contributed by atoms with van der Waals surface area (Å²) in [5.74, 6) is 0.462. The van der Waals surface area contributed by atoms with Gasteiger partial charge >= 0.3 is 12.3 Å². The van der Waals surface area contributed by atoms with Crippen LogP contribution in [0.3, 0.4) is 0 Å². The quantitative estimate of drug-likeness (QED) is 0.688. The third-order valence-corrected chi connectivity index (χ3v) is 3.38. The smallest absolute Gasteiger partial charge is 0.434 e. The van der Waals surface area contributed by atoms with Gasteiger partial charge < -0.3 is 18.9 Å². The molecular formula is C16H28O6. The van der Waals surface area contributed by atoms with E-state index in [4.69, 9.17) is 18.9 Å². The second kappa shape index (κ2) is 9.54. The molecular weight excluding hydrogens is 288 g/mol. The minimum atomic E-state index is -0.719. The van der Waals surface area contributed by atoms with Crippen LogP contribution in [0.15, 0.2) is 0 Å². The van der Waals surface area contributed by atoms with Gasteiger partial charge in [0.1, 0.15) is 12.2 Å². The van der Waals surface area contributed by atoms with Gasteiger partial charge in [0.2, 0.25) is 0 Å². The van der Waals surface area contributed by atoms with Crippen molar-refractivity contribution >= 4 is 12.3 Å². The van der Waals surface area contributed by atoms with Gasteiger partial charge in [-0.25, -0.2) is 9.59 Å². The van der Waals surface area contributed by atoms with E-state index in [9.17, 15) is 9.59 Å². The molecule has 0 saturated heterocycles. The van der Waals surface area contributed by atoms with E-state index in [1.807, 2.05) is 0 Å². The highest BCUT2D eigenvalue weighted by molar-refractivity contribution is 5.61. The average Bonchev–Trinajstić information content (AvgIpc) is 2.39. The molecule has 22 heavy (non-hydrogen) atoms. The van der Waals surface area contributed by atoms with Crippen molar-refractivity contribution in [1.82, 2.24) is 0 Å². The first-order valence-electron chi connectivity index (χ1n) is 8.09. The molecule has 1 fully saturated rings. The van der Waals surface area contributed by atoms with Crippen LogP contribution >= 0.6 is 0 Å². The SMILES string of the molecule is CC(C)CCOC(=O)OC1CCCCC1OC(=O)OC(C)C. The fourth-order valence-electron chi connectivity index (χ4n) is 2.21. The van der Waals surface area contributed by atoms with Crippen LogP contribution in [0, 0.1) is 5.92 Å². The highest BCUT2D eigenvalue weighted by Crippen LogP contribution is 2.25. The Balaban J connectivity index is 2.40. The van der Waals surface area contributed by atoms with Crippen molar-refractivity contribution in [3.8, 4) is 0 Å². The number of carbonyl (C=O) groups excluding carboxylic acids is 2. The lowest BCUT2D eigenvalue weighted by Crippen LogP contribution is -2.38. The maximum Gasteiger partial charge on any atom is 0.508 e. The van der Waals surface area contributed by atoms with Gasteiger partial charge in [0.05, 0.1) is 12.7 Å². The lowest BCUT2D eigenvalue weighted by molar-refractivity contribution is -0.0755. The number of hydrogen-bond donors (Lipinski definition) is 0. The normalized spacial score (nSPS) is 21.5. The lowest BCUT2D eigenvalue weighted by atomic mass is 9.95. The summed E-state index contributed by atoms with van der Waals surface area (Å²) >= 11 is 0. The van der Waals surface area contributed by atoms with Gasteiger partial charge in [-0.3, -0.25) is 0 Å². The van der Waals surface area contributed by atoms with Crippen LogP contribution in [0.2, 0.25) is 0 Å². The molecule has 0 aromatic carbocycles. The molecule has 0 bridgehead atoms. The fraction of sp³-hybridized carbons (Fsp3) is 0.875. The molecule has 6 heteroatoms. The highest BCUT2D eigenvalue weighted by atomic mass is 16.8. The van der Waals surface area contributed by atoms with Crippen molar-refractivity contribution in [2.75, 3.05) is 6.61 Å². The lowest BCUT2D eigenvalue weighted by Gasteiger charge is -2.30. The Kier molecular flexibility index (Phi) is 8.06. The van der Waals surface area contributed by atoms with Crippen molar-refractivity contribution in [1.29, 1.82) is 0 Å². The van der Waals surface area contributed by atoms with Crippen molar-refractivity contribution in [3.05, 3.63) is 0 Å². The van der Waals surface area contributed by atoms with E-state index in [-0.39, 0.29) is 6.10 Å². The topological polar surface area (TPSA) is 71.1 Å². The molecule has 128 valence electrons. The van der Waals surface area contributed by atoms with Crippen LogP contribution < -0.4 is 0 Å². The Bertz CT molecular complexity index is 353. The summed E-state index contributed by atoms with van der Waals surface area (Å²) in [4.78, 5) is 23.3. The van der Waals surface area contributed by atoms with Crippen molar-refractivity contribution in [3.63, 3.8) is 0 Å². The summed E-state index contributed by atoms with van der Waals surface area (Å²) in [6.45, 7) is 7.95. The molecule has 1 aliphatic carbocycles. The Morgan fingerprint density at radius 2 is 1.50 bits per heavy atom. The number of rotatable bonds is 6. The molecule has 1 saturated carbocycles. The van der Waals surface area contributed by atoms with Gasteiger partial charge in [-0.05, 0) is 51.9 Å². The molecule has 1 rings (SSSR count). The van der Waals surface area contributed by atoms with E-state index in [0.717, 1.165) is 19.3 Å². The molecule has 1 aliphatic rings. The monoisotopic (exact) mass is 316 g/mol. The van der Waals surface area contributed by atoms with Gasteiger partial charge in [-0.2, -0.15) is 0 Å². The van der Waals surface area contributed by atoms with E-state index < -0.39 is 24.5 Å². The summed E-state index contributed by atoms with van der Waals surface area (Å²) < 4.78 is 20.6. The standard InChI is InChI=1S/C16H28O6/c1-11(2)9-10-19-15(17)21-13-7-5-6-8-14(13)22-16(18)20-12(3)4/h11-14H,5-10H2,1-4H3. The maximum absolute atomic E-state index is 11.7. The van der Waals surface area contributed by atoms with Crippen molar-refractivity contribution < 1.29 is 28.5 Å². The molecule has 2 unspecified atom stereocenters. The third kappa shape index (κ3) is 7.52. The first-order chi connectivity index (χ1) is 10.4. The molecule has 0 spiro atoms. The zero-order chi connectivity index (χ0) is 16.5. The highest BCUT2D eigenvalue weighted by Gasteiger charge is 2.32. The van der Waals surface area contributed by atoms with Crippen LogP contribution in [-0.4, -0.2) is 37.2 Å².